The Hall–Kier alpha value is -3.51. The van der Waals surface area contributed by atoms with Gasteiger partial charge in [0.15, 0.2) is 15.6 Å². The highest BCUT2D eigenvalue weighted by atomic mass is 32.2. The summed E-state index contributed by atoms with van der Waals surface area (Å²) in [5.74, 6) is -0.904. The number of carbonyl (C=O) groups excluding carboxylic acids is 1. The van der Waals surface area contributed by atoms with Crippen LogP contribution in [-0.4, -0.2) is 51.0 Å². The van der Waals surface area contributed by atoms with Crippen molar-refractivity contribution in [1.29, 1.82) is 0 Å². The van der Waals surface area contributed by atoms with E-state index in [4.69, 9.17) is 9.02 Å². The highest BCUT2D eigenvalue weighted by Crippen LogP contribution is 2.33. The molecule has 0 fully saturated rings. The van der Waals surface area contributed by atoms with Crippen LogP contribution in [0.25, 0.3) is 0 Å². The number of fused-ring (bicyclic) bond motifs is 1. The average molecular weight is 532 g/mol. The topological polar surface area (TPSA) is 134 Å². The molecular weight excluding hydrogens is 506 g/mol. The SMILES string of the molecule is CCn1ncc(C(=O)c2ccc3c(c2C)/C(=N/OC)CCS3(=O)=O)c1OS(=O)(=O)c1ccccc1C. The van der Waals surface area contributed by atoms with E-state index < -0.39 is 25.7 Å². The van der Waals surface area contributed by atoms with Crippen molar-refractivity contribution in [2.45, 2.75) is 43.5 Å². The van der Waals surface area contributed by atoms with Gasteiger partial charge >= 0.3 is 10.1 Å². The number of oxime groups is 1. The van der Waals surface area contributed by atoms with Crippen LogP contribution in [0, 0.1) is 13.8 Å². The number of nitrogens with zero attached hydrogens (tertiary/aromatic N) is 3. The highest BCUT2D eigenvalue weighted by molar-refractivity contribution is 7.91. The Bertz CT molecular complexity index is 1600. The lowest BCUT2D eigenvalue weighted by Crippen LogP contribution is -2.24. The number of carbonyl (C=O) groups is 1. The fourth-order valence-corrected chi connectivity index (χ4v) is 6.91. The van der Waals surface area contributed by atoms with Gasteiger partial charge in [0.2, 0.25) is 5.88 Å². The molecule has 0 atom stereocenters. The van der Waals surface area contributed by atoms with Crippen LogP contribution in [-0.2, 0) is 31.3 Å². The van der Waals surface area contributed by atoms with Gasteiger partial charge in [-0.1, -0.05) is 23.4 Å². The van der Waals surface area contributed by atoms with Gasteiger partial charge in [-0.05, 0) is 50.1 Å². The molecule has 1 aliphatic rings. The number of ketones is 1. The Balaban J connectivity index is 1.83. The minimum Gasteiger partial charge on any atom is -0.399 e. The molecule has 0 saturated carbocycles. The molecule has 0 N–H and O–H groups in total. The van der Waals surface area contributed by atoms with Gasteiger partial charge in [0.1, 0.15) is 17.6 Å². The third-order valence-corrected chi connectivity index (χ3v) is 9.12. The molecule has 0 bridgehead atoms. The molecule has 1 aliphatic heterocycles. The zero-order valence-corrected chi connectivity index (χ0v) is 21.8. The number of aromatic nitrogens is 2. The molecule has 0 saturated heterocycles. The highest BCUT2D eigenvalue weighted by Gasteiger charge is 2.33. The number of hydrogen-bond donors (Lipinski definition) is 0. The fraction of sp³-hybridized carbons (Fsp3) is 0.292. The first-order valence-corrected chi connectivity index (χ1v) is 14.1. The summed E-state index contributed by atoms with van der Waals surface area (Å²) >= 11 is 0. The van der Waals surface area contributed by atoms with Crippen molar-refractivity contribution < 1.29 is 30.7 Å². The number of aryl methyl sites for hydroxylation is 2. The van der Waals surface area contributed by atoms with Crippen molar-refractivity contribution in [2.75, 3.05) is 12.9 Å². The predicted octanol–water partition coefficient (Wildman–Crippen LogP) is 3.05. The summed E-state index contributed by atoms with van der Waals surface area (Å²) < 4.78 is 58.2. The summed E-state index contributed by atoms with van der Waals surface area (Å²) in [7, 11) is -6.47. The number of rotatable bonds is 7. The number of hydrogen-bond acceptors (Lipinski definition) is 9. The van der Waals surface area contributed by atoms with Crippen LogP contribution in [0.2, 0.25) is 0 Å². The van der Waals surface area contributed by atoms with E-state index in [0.29, 0.717) is 22.4 Å². The second kappa shape index (κ2) is 9.51. The predicted molar refractivity (Wildman–Crippen MR) is 132 cm³/mol. The third kappa shape index (κ3) is 4.42. The molecule has 4 rings (SSSR count). The number of sulfone groups is 1. The van der Waals surface area contributed by atoms with Crippen LogP contribution in [0.1, 0.15) is 46.0 Å². The van der Waals surface area contributed by atoms with E-state index in [1.54, 1.807) is 39.0 Å². The van der Waals surface area contributed by atoms with E-state index in [1.165, 1.54) is 36.2 Å². The van der Waals surface area contributed by atoms with Gasteiger partial charge in [-0.15, -0.1) is 0 Å². The summed E-state index contributed by atoms with van der Waals surface area (Å²) in [6.45, 7) is 5.24. The first-order chi connectivity index (χ1) is 17.0. The van der Waals surface area contributed by atoms with Gasteiger partial charge in [0.25, 0.3) is 0 Å². The summed E-state index contributed by atoms with van der Waals surface area (Å²) in [5.41, 5.74) is 1.70. The van der Waals surface area contributed by atoms with Gasteiger partial charge in [-0.3, -0.25) is 4.79 Å². The Labute approximate surface area is 209 Å². The molecule has 190 valence electrons. The lowest BCUT2D eigenvalue weighted by atomic mass is 9.93. The lowest BCUT2D eigenvalue weighted by molar-refractivity contribution is 0.103. The van der Waals surface area contributed by atoms with Gasteiger partial charge in [0.05, 0.1) is 22.6 Å². The van der Waals surface area contributed by atoms with Crippen molar-refractivity contribution in [3.8, 4) is 5.88 Å². The summed E-state index contributed by atoms with van der Waals surface area (Å²) in [6.07, 6.45) is 1.38. The normalized spacial score (nSPS) is 15.9. The molecule has 1 aromatic heterocycles. The average Bonchev–Trinajstić information content (AvgIpc) is 3.22. The summed E-state index contributed by atoms with van der Waals surface area (Å²) in [4.78, 5) is 18.6. The maximum absolute atomic E-state index is 13.7. The van der Waals surface area contributed by atoms with Crippen molar-refractivity contribution >= 4 is 31.5 Å². The van der Waals surface area contributed by atoms with Crippen molar-refractivity contribution in [3.63, 3.8) is 0 Å². The molecule has 0 unspecified atom stereocenters. The van der Waals surface area contributed by atoms with Crippen LogP contribution < -0.4 is 4.18 Å². The molecule has 12 heteroatoms. The van der Waals surface area contributed by atoms with Crippen LogP contribution in [0.4, 0.5) is 0 Å². The van der Waals surface area contributed by atoms with Crippen molar-refractivity contribution in [2.24, 2.45) is 5.16 Å². The van der Waals surface area contributed by atoms with Crippen LogP contribution >= 0.6 is 0 Å². The molecule has 3 aromatic rings. The molecule has 0 aliphatic carbocycles. The Morgan fingerprint density at radius 3 is 2.53 bits per heavy atom. The Morgan fingerprint density at radius 1 is 1.14 bits per heavy atom. The fourth-order valence-electron chi connectivity index (χ4n) is 4.19. The first kappa shape index (κ1) is 25.6. The molecule has 10 nitrogen and oxygen atoms in total. The maximum atomic E-state index is 13.7. The minimum absolute atomic E-state index is 0.0251. The Morgan fingerprint density at radius 2 is 1.86 bits per heavy atom. The minimum atomic E-state index is -4.27. The molecule has 0 spiro atoms. The van der Waals surface area contributed by atoms with Gasteiger partial charge < -0.3 is 9.02 Å². The number of benzene rings is 2. The summed E-state index contributed by atoms with van der Waals surface area (Å²) in [6, 6.07) is 9.12. The monoisotopic (exact) mass is 531 g/mol. The second-order valence-electron chi connectivity index (χ2n) is 8.21. The smallest absolute Gasteiger partial charge is 0.340 e. The van der Waals surface area contributed by atoms with Crippen LogP contribution in [0.15, 0.2) is 57.5 Å². The van der Waals surface area contributed by atoms with E-state index in [0.717, 1.165) is 0 Å². The zero-order chi connectivity index (χ0) is 26.3. The maximum Gasteiger partial charge on any atom is 0.340 e. The first-order valence-electron chi connectivity index (χ1n) is 11.1. The van der Waals surface area contributed by atoms with Crippen molar-refractivity contribution in [1.82, 2.24) is 9.78 Å². The van der Waals surface area contributed by atoms with E-state index in [2.05, 4.69) is 10.3 Å². The van der Waals surface area contributed by atoms with Gasteiger partial charge in [0, 0.05) is 24.1 Å². The van der Waals surface area contributed by atoms with E-state index >= 15 is 0 Å². The standard InChI is InChI=1S/C24H25N3O7S2/c1-5-27-24(34-36(31,32)20-9-7-6-8-15(20)2)18(14-25-27)23(28)17-10-11-21-22(16(17)3)19(26-33-4)12-13-35(21,29)30/h6-11,14H,5,12-13H2,1-4H3/b26-19+. The van der Waals surface area contributed by atoms with E-state index in [1.807, 2.05) is 0 Å². The molecular formula is C24H25N3O7S2. The van der Waals surface area contributed by atoms with E-state index in [-0.39, 0.29) is 45.5 Å². The van der Waals surface area contributed by atoms with Gasteiger partial charge in [-0.2, -0.15) is 13.5 Å². The Kier molecular flexibility index (Phi) is 6.76. The second-order valence-corrected chi connectivity index (χ2v) is 11.8. The van der Waals surface area contributed by atoms with Gasteiger partial charge in [-0.25, -0.2) is 13.1 Å². The van der Waals surface area contributed by atoms with Crippen molar-refractivity contribution in [3.05, 3.63) is 70.4 Å². The quantitative estimate of drug-likeness (QED) is 0.258. The van der Waals surface area contributed by atoms with Crippen LogP contribution in [0.5, 0.6) is 5.88 Å². The molecule has 2 heterocycles. The molecule has 0 radical (unpaired) electrons. The van der Waals surface area contributed by atoms with Crippen LogP contribution in [0.3, 0.4) is 0 Å². The zero-order valence-electron chi connectivity index (χ0n) is 20.2. The third-order valence-electron chi connectivity index (χ3n) is 5.99. The molecule has 2 aromatic carbocycles. The molecule has 0 amide bonds. The largest absolute Gasteiger partial charge is 0.399 e. The lowest BCUT2D eigenvalue weighted by Gasteiger charge is -2.21. The summed E-state index contributed by atoms with van der Waals surface area (Å²) in [5, 5.41) is 8.10. The molecule has 36 heavy (non-hydrogen) atoms. The van der Waals surface area contributed by atoms with E-state index in [9.17, 15) is 21.6 Å².